The van der Waals surface area contributed by atoms with E-state index in [0.29, 0.717) is 19.0 Å². The number of piperazine rings is 1. The molecule has 2 atom stereocenters. The summed E-state index contributed by atoms with van der Waals surface area (Å²) < 4.78 is 5.47. The van der Waals surface area contributed by atoms with Crippen LogP contribution in [0.3, 0.4) is 0 Å². The van der Waals surface area contributed by atoms with E-state index in [1.165, 1.54) is 18.3 Å². The molecule has 3 heterocycles. The van der Waals surface area contributed by atoms with E-state index in [1.54, 1.807) is 4.90 Å². The second-order valence-electron chi connectivity index (χ2n) is 7.49. The van der Waals surface area contributed by atoms with Crippen molar-refractivity contribution in [3.05, 3.63) is 23.9 Å². The van der Waals surface area contributed by atoms with Gasteiger partial charge >= 0.3 is 6.09 Å². The van der Waals surface area contributed by atoms with Crippen molar-refractivity contribution >= 4 is 12.0 Å². The first-order valence-corrected chi connectivity index (χ1v) is 9.79. The van der Waals surface area contributed by atoms with Crippen molar-refractivity contribution in [3.8, 4) is 5.88 Å². The Morgan fingerprint density at radius 3 is 2.71 bits per heavy atom. The van der Waals surface area contributed by atoms with Crippen LogP contribution in [0.1, 0.15) is 30.1 Å². The molecule has 154 valence electrons. The lowest BCUT2D eigenvalue weighted by atomic mass is 9.87. The summed E-state index contributed by atoms with van der Waals surface area (Å²) in [6.45, 7) is 5.92. The number of pyridine rings is 1. The van der Waals surface area contributed by atoms with Crippen molar-refractivity contribution in [3.63, 3.8) is 0 Å². The van der Waals surface area contributed by atoms with Crippen LogP contribution in [0.15, 0.2) is 18.3 Å². The van der Waals surface area contributed by atoms with Gasteiger partial charge in [0.05, 0.1) is 18.2 Å². The first kappa shape index (κ1) is 20.5. The van der Waals surface area contributed by atoms with Crippen LogP contribution < -0.4 is 15.8 Å². The van der Waals surface area contributed by atoms with Crippen molar-refractivity contribution in [2.45, 2.75) is 31.8 Å². The second-order valence-corrected chi connectivity index (χ2v) is 7.49. The highest BCUT2D eigenvalue weighted by atomic mass is 16.6. The third-order valence-corrected chi connectivity index (χ3v) is 5.71. The number of amides is 2. The molecule has 0 saturated carbocycles. The molecule has 1 unspecified atom stereocenters. The summed E-state index contributed by atoms with van der Waals surface area (Å²) >= 11 is 0. The van der Waals surface area contributed by atoms with E-state index in [9.17, 15) is 14.7 Å². The molecule has 1 aromatic rings. The highest BCUT2D eigenvalue weighted by Gasteiger charge is 2.38. The maximum absolute atomic E-state index is 12.9. The maximum atomic E-state index is 12.9. The Bertz CT molecular complexity index is 677. The number of ether oxygens (including phenoxy) is 1. The van der Waals surface area contributed by atoms with Crippen molar-refractivity contribution in [1.82, 2.24) is 20.1 Å². The number of aromatic nitrogens is 1. The lowest BCUT2D eigenvalue weighted by Crippen LogP contribution is -2.61. The van der Waals surface area contributed by atoms with Crippen LogP contribution in [0.4, 0.5) is 4.79 Å². The quantitative estimate of drug-likeness (QED) is 0.648. The third-order valence-electron chi connectivity index (χ3n) is 5.71. The van der Waals surface area contributed by atoms with Crippen molar-refractivity contribution in [2.24, 2.45) is 11.7 Å². The monoisotopic (exact) mass is 391 g/mol. The zero-order valence-electron chi connectivity index (χ0n) is 16.2. The van der Waals surface area contributed by atoms with Gasteiger partial charge in [-0.2, -0.15) is 0 Å². The molecule has 1 aromatic heterocycles. The predicted molar refractivity (Wildman–Crippen MR) is 103 cm³/mol. The second kappa shape index (κ2) is 9.31. The normalized spacial score (nSPS) is 22.6. The molecule has 0 spiro atoms. The summed E-state index contributed by atoms with van der Waals surface area (Å²) in [5.74, 6) is -0.0524. The molecule has 2 fully saturated rings. The van der Waals surface area contributed by atoms with Crippen molar-refractivity contribution in [2.75, 3.05) is 39.3 Å². The lowest BCUT2D eigenvalue weighted by molar-refractivity contribution is 0.0130. The number of nitrogens with one attached hydrogen (secondary N) is 1. The molecule has 2 amide bonds. The number of rotatable bonds is 5. The van der Waals surface area contributed by atoms with E-state index in [0.717, 1.165) is 32.5 Å². The van der Waals surface area contributed by atoms with Gasteiger partial charge < -0.3 is 25.8 Å². The van der Waals surface area contributed by atoms with Crippen LogP contribution in [-0.4, -0.2) is 83.3 Å². The first-order valence-electron chi connectivity index (χ1n) is 9.79. The van der Waals surface area contributed by atoms with E-state index >= 15 is 0 Å². The lowest BCUT2D eigenvalue weighted by Gasteiger charge is -2.46. The number of nitrogens with two attached hydrogens (primary N) is 1. The smallest absolute Gasteiger partial charge is 0.395 e. The molecule has 0 radical (unpaired) electrons. The topological polar surface area (TPSA) is 121 Å². The maximum Gasteiger partial charge on any atom is 0.416 e. The number of carbonyl (C=O) groups is 2. The summed E-state index contributed by atoms with van der Waals surface area (Å²) in [4.78, 5) is 32.1. The Morgan fingerprint density at radius 1 is 1.36 bits per heavy atom. The molecule has 0 aromatic carbocycles. The number of primary amides is 1. The van der Waals surface area contributed by atoms with Gasteiger partial charge in [0.25, 0.3) is 0 Å². The number of nitrogens with zero attached hydrogens (tertiary/aromatic N) is 3. The van der Waals surface area contributed by atoms with Gasteiger partial charge in [-0.1, -0.05) is 0 Å². The van der Waals surface area contributed by atoms with Crippen LogP contribution in [0.25, 0.3) is 0 Å². The van der Waals surface area contributed by atoms with Crippen LogP contribution >= 0.6 is 0 Å². The Balaban J connectivity index is 1.71. The van der Waals surface area contributed by atoms with Gasteiger partial charge in [0, 0.05) is 37.9 Å². The summed E-state index contributed by atoms with van der Waals surface area (Å²) in [7, 11) is 0. The fraction of sp³-hybridized carbons (Fsp3) is 0.632. The zero-order valence-corrected chi connectivity index (χ0v) is 16.2. The summed E-state index contributed by atoms with van der Waals surface area (Å²) in [5.41, 5.74) is 5.47. The number of hydrogen-bond donors (Lipinski definition) is 3. The zero-order chi connectivity index (χ0) is 20.1. The molecular formula is C19H29N5O4. The number of piperidine rings is 1. The Morgan fingerprint density at radius 2 is 2.11 bits per heavy atom. The minimum Gasteiger partial charge on any atom is -0.395 e. The molecule has 9 heteroatoms. The van der Waals surface area contributed by atoms with Gasteiger partial charge in [0.2, 0.25) is 11.8 Å². The van der Waals surface area contributed by atoms with Crippen LogP contribution in [-0.2, 0) is 0 Å². The minimum atomic E-state index is -0.578. The average Bonchev–Trinajstić information content (AvgIpc) is 2.73. The largest absolute Gasteiger partial charge is 0.416 e. The summed E-state index contributed by atoms with van der Waals surface area (Å²) in [6.07, 6.45) is 2.87. The van der Waals surface area contributed by atoms with Gasteiger partial charge in [0.1, 0.15) is 0 Å². The molecule has 4 N–H and O–H groups in total. The van der Waals surface area contributed by atoms with E-state index in [2.05, 4.69) is 15.2 Å². The minimum absolute atomic E-state index is 0.0299. The van der Waals surface area contributed by atoms with Crippen molar-refractivity contribution in [1.29, 1.82) is 0 Å². The molecule has 9 nitrogen and oxygen atoms in total. The van der Waals surface area contributed by atoms with Gasteiger partial charge in [0.15, 0.2) is 0 Å². The van der Waals surface area contributed by atoms with Crippen LogP contribution in [0, 0.1) is 5.92 Å². The van der Waals surface area contributed by atoms with E-state index in [-0.39, 0.29) is 30.1 Å². The molecule has 2 saturated heterocycles. The van der Waals surface area contributed by atoms with Gasteiger partial charge in [-0.25, -0.2) is 9.78 Å². The Hall–Kier alpha value is -2.23. The standard InChI is InChI=1S/C19H29N5O4/c1-13(12-25)23-8-9-24(16(11-23)14-4-6-21-7-5-14)19(27)28-17-3-2-15(10-22-17)18(20)26/h2-3,10,13-14,16,21,25H,4-9,11-12H2,1H3,(H2,20,26)/t13-,16?/m0/s1. The van der Waals surface area contributed by atoms with E-state index < -0.39 is 12.0 Å². The Kier molecular flexibility index (Phi) is 6.82. The Labute approximate surface area is 164 Å². The number of carbonyl (C=O) groups excluding carboxylic acids is 2. The van der Waals surface area contributed by atoms with Crippen molar-refractivity contribution < 1.29 is 19.4 Å². The number of hydrogen-bond acceptors (Lipinski definition) is 7. The van der Waals surface area contributed by atoms with E-state index in [1.807, 2.05) is 6.92 Å². The third kappa shape index (κ3) is 4.78. The predicted octanol–water partition coefficient (Wildman–Crippen LogP) is 0.0459. The molecule has 3 rings (SSSR count). The van der Waals surface area contributed by atoms with Gasteiger partial charge in [-0.15, -0.1) is 0 Å². The highest BCUT2D eigenvalue weighted by Crippen LogP contribution is 2.26. The molecule has 28 heavy (non-hydrogen) atoms. The molecule has 0 bridgehead atoms. The first-order chi connectivity index (χ1) is 13.5. The SMILES string of the molecule is C[C@@H](CO)N1CCN(C(=O)Oc2ccc(C(N)=O)cn2)C(C2CCNCC2)C1. The summed E-state index contributed by atoms with van der Waals surface area (Å²) in [6, 6.07) is 3.05. The van der Waals surface area contributed by atoms with Crippen LogP contribution in [0.5, 0.6) is 5.88 Å². The van der Waals surface area contributed by atoms with E-state index in [4.69, 9.17) is 10.5 Å². The van der Waals surface area contributed by atoms with Crippen LogP contribution in [0.2, 0.25) is 0 Å². The van der Waals surface area contributed by atoms with Gasteiger partial charge in [-0.05, 0) is 44.8 Å². The number of aliphatic hydroxyl groups excluding tert-OH is 1. The fourth-order valence-corrected chi connectivity index (χ4v) is 3.94. The highest BCUT2D eigenvalue weighted by molar-refractivity contribution is 5.92. The molecule has 2 aliphatic rings. The molecule has 0 aliphatic carbocycles. The summed E-state index contributed by atoms with van der Waals surface area (Å²) in [5, 5.41) is 12.9. The molecular weight excluding hydrogens is 362 g/mol. The fourth-order valence-electron chi connectivity index (χ4n) is 3.94. The average molecular weight is 391 g/mol. The van der Waals surface area contributed by atoms with Gasteiger partial charge in [-0.3, -0.25) is 9.69 Å². The number of aliphatic hydroxyl groups is 1. The molecule has 2 aliphatic heterocycles.